The van der Waals surface area contributed by atoms with Gasteiger partial charge < -0.3 is 5.32 Å². The molecule has 2 aromatic carbocycles. The van der Waals surface area contributed by atoms with Crippen molar-refractivity contribution in [2.24, 2.45) is 0 Å². The van der Waals surface area contributed by atoms with E-state index >= 15 is 0 Å². The highest BCUT2D eigenvalue weighted by molar-refractivity contribution is 9.10. The zero-order valence-electron chi connectivity index (χ0n) is 10.3. The Balaban J connectivity index is 2.40. The number of nitrogens with one attached hydrogen (secondary N) is 1. The number of nitro benzene ring substituents is 1. The molecule has 0 saturated carbocycles. The maximum absolute atomic E-state index is 13.6. The van der Waals surface area contributed by atoms with Crippen LogP contribution in [0, 0.1) is 21.7 Å². The van der Waals surface area contributed by atoms with Gasteiger partial charge in [-0.25, -0.2) is 8.78 Å². The highest BCUT2D eigenvalue weighted by atomic mass is 79.9. The van der Waals surface area contributed by atoms with Gasteiger partial charge in [0.05, 0.1) is 10.5 Å². The first-order chi connectivity index (χ1) is 9.90. The van der Waals surface area contributed by atoms with Crippen LogP contribution in [0.2, 0.25) is 0 Å². The minimum absolute atomic E-state index is 0.180. The Morgan fingerprint density at radius 2 is 1.95 bits per heavy atom. The van der Waals surface area contributed by atoms with Crippen LogP contribution in [0.3, 0.4) is 0 Å². The Bertz CT molecular complexity index is 717. The zero-order valence-corrected chi connectivity index (χ0v) is 11.9. The molecular weight excluding hydrogens is 350 g/mol. The lowest BCUT2D eigenvalue weighted by atomic mass is 10.2. The summed E-state index contributed by atoms with van der Waals surface area (Å²) in [6.45, 7) is 0. The van der Waals surface area contributed by atoms with Gasteiger partial charge in [0.25, 0.3) is 11.6 Å². The lowest BCUT2D eigenvalue weighted by Crippen LogP contribution is -2.15. The number of rotatable bonds is 3. The Morgan fingerprint density at radius 3 is 2.57 bits per heavy atom. The first kappa shape index (κ1) is 15.0. The fourth-order valence-electron chi connectivity index (χ4n) is 1.67. The molecule has 0 aromatic heterocycles. The Kier molecular flexibility index (Phi) is 4.27. The number of carbonyl (C=O) groups is 1. The molecule has 0 radical (unpaired) electrons. The molecule has 0 aliphatic carbocycles. The van der Waals surface area contributed by atoms with E-state index in [2.05, 4.69) is 21.2 Å². The van der Waals surface area contributed by atoms with Gasteiger partial charge in [0, 0.05) is 16.6 Å². The minimum atomic E-state index is -0.923. The van der Waals surface area contributed by atoms with Crippen molar-refractivity contribution in [2.75, 3.05) is 5.32 Å². The standard InChI is InChI=1S/C13H7BrF2N2O3/c14-8-2-1-3-9(16)12(8)13(19)17-10-6-7(15)4-5-11(10)18(20)21/h1-6H,(H,17,19). The van der Waals surface area contributed by atoms with Crippen LogP contribution < -0.4 is 5.32 Å². The molecule has 0 heterocycles. The van der Waals surface area contributed by atoms with Gasteiger partial charge in [-0.1, -0.05) is 6.07 Å². The Morgan fingerprint density at radius 1 is 1.24 bits per heavy atom. The summed E-state index contributed by atoms with van der Waals surface area (Å²) < 4.78 is 27.0. The average Bonchev–Trinajstić information content (AvgIpc) is 2.38. The summed E-state index contributed by atoms with van der Waals surface area (Å²) in [7, 11) is 0. The summed E-state index contributed by atoms with van der Waals surface area (Å²) in [5, 5.41) is 13.0. The molecule has 0 spiro atoms. The molecule has 0 bridgehead atoms. The number of amides is 1. The number of carbonyl (C=O) groups excluding carboxylic acids is 1. The topological polar surface area (TPSA) is 72.2 Å². The first-order valence-corrected chi connectivity index (χ1v) is 6.38. The van der Waals surface area contributed by atoms with Crippen LogP contribution >= 0.6 is 15.9 Å². The van der Waals surface area contributed by atoms with E-state index in [4.69, 9.17) is 0 Å². The predicted molar refractivity (Wildman–Crippen MR) is 75.1 cm³/mol. The molecule has 2 rings (SSSR count). The molecule has 8 heteroatoms. The quantitative estimate of drug-likeness (QED) is 0.669. The number of nitrogens with zero attached hydrogens (tertiary/aromatic N) is 1. The molecule has 0 atom stereocenters. The number of hydrogen-bond donors (Lipinski definition) is 1. The van der Waals surface area contributed by atoms with Crippen LogP contribution in [0.5, 0.6) is 0 Å². The number of anilines is 1. The van der Waals surface area contributed by atoms with Gasteiger partial charge in [-0.3, -0.25) is 14.9 Å². The number of benzene rings is 2. The molecule has 0 aliphatic rings. The molecule has 108 valence electrons. The normalized spacial score (nSPS) is 10.2. The van der Waals surface area contributed by atoms with Crippen LogP contribution in [0.1, 0.15) is 10.4 Å². The van der Waals surface area contributed by atoms with E-state index < -0.39 is 28.2 Å². The first-order valence-electron chi connectivity index (χ1n) is 5.59. The molecule has 1 N–H and O–H groups in total. The summed E-state index contributed by atoms with van der Waals surface area (Å²) in [5.41, 5.74) is -1.16. The summed E-state index contributed by atoms with van der Waals surface area (Å²) in [6, 6.07) is 6.51. The average molecular weight is 357 g/mol. The van der Waals surface area contributed by atoms with Gasteiger partial charge in [0.2, 0.25) is 0 Å². The Hall–Kier alpha value is -2.35. The maximum Gasteiger partial charge on any atom is 0.292 e. The second kappa shape index (κ2) is 5.96. The molecule has 0 saturated heterocycles. The monoisotopic (exact) mass is 356 g/mol. The van der Waals surface area contributed by atoms with Crippen LogP contribution in [-0.4, -0.2) is 10.8 Å². The largest absolute Gasteiger partial charge is 0.316 e. The van der Waals surface area contributed by atoms with E-state index in [0.29, 0.717) is 0 Å². The number of hydrogen-bond acceptors (Lipinski definition) is 3. The van der Waals surface area contributed by atoms with Gasteiger partial charge in [0.1, 0.15) is 17.3 Å². The smallest absolute Gasteiger partial charge is 0.292 e. The van der Waals surface area contributed by atoms with Crippen molar-refractivity contribution in [3.8, 4) is 0 Å². The second-order valence-corrected chi connectivity index (χ2v) is 4.82. The number of halogens is 3. The highest BCUT2D eigenvalue weighted by Gasteiger charge is 2.20. The van der Waals surface area contributed by atoms with Gasteiger partial charge in [0.15, 0.2) is 0 Å². The van der Waals surface area contributed by atoms with Gasteiger partial charge in [-0.15, -0.1) is 0 Å². The van der Waals surface area contributed by atoms with Crippen molar-refractivity contribution in [1.29, 1.82) is 0 Å². The fraction of sp³-hybridized carbons (Fsp3) is 0. The third-order valence-corrected chi connectivity index (χ3v) is 3.25. The van der Waals surface area contributed by atoms with Crippen LogP contribution in [-0.2, 0) is 0 Å². The molecule has 21 heavy (non-hydrogen) atoms. The lowest BCUT2D eigenvalue weighted by molar-refractivity contribution is -0.384. The van der Waals surface area contributed by atoms with Gasteiger partial charge in [-0.2, -0.15) is 0 Å². The van der Waals surface area contributed by atoms with Crippen molar-refractivity contribution in [3.05, 3.63) is 68.2 Å². The predicted octanol–water partition coefficient (Wildman–Crippen LogP) is 3.89. The van der Waals surface area contributed by atoms with Crippen LogP contribution in [0.25, 0.3) is 0 Å². The SMILES string of the molecule is O=C(Nc1cc(F)ccc1[N+](=O)[O-])c1c(F)cccc1Br. The van der Waals surface area contributed by atoms with E-state index in [0.717, 1.165) is 24.3 Å². The molecule has 0 aliphatic heterocycles. The lowest BCUT2D eigenvalue weighted by Gasteiger charge is -2.08. The van der Waals surface area contributed by atoms with Crippen molar-refractivity contribution >= 4 is 33.2 Å². The summed E-state index contributed by atoms with van der Waals surface area (Å²) in [5.74, 6) is -2.49. The Labute approximate surface area is 125 Å². The molecule has 0 fully saturated rings. The van der Waals surface area contributed by atoms with E-state index in [1.54, 1.807) is 0 Å². The van der Waals surface area contributed by atoms with Gasteiger partial charge in [-0.05, 0) is 34.1 Å². The van der Waals surface area contributed by atoms with Gasteiger partial charge >= 0.3 is 0 Å². The van der Waals surface area contributed by atoms with E-state index in [1.807, 2.05) is 0 Å². The van der Waals surface area contributed by atoms with E-state index in [-0.39, 0.29) is 15.7 Å². The van der Waals surface area contributed by atoms with Crippen molar-refractivity contribution in [2.45, 2.75) is 0 Å². The van der Waals surface area contributed by atoms with E-state index in [1.165, 1.54) is 12.1 Å². The number of nitro groups is 1. The zero-order chi connectivity index (χ0) is 15.6. The second-order valence-electron chi connectivity index (χ2n) is 3.97. The maximum atomic E-state index is 13.6. The van der Waals surface area contributed by atoms with Crippen LogP contribution in [0.15, 0.2) is 40.9 Å². The molecule has 2 aromatic rings. The summed E-state index contributed by atoms with van der Waals surface area (Å²) in [4.78, 5) is 22.1. The molecule has 0 unspecified atom stereocenters. The molecule has 5 nitrogen and oxygen atoms in total. The molecule has 1 amide bonds. The minimum Gasteiger partial charge on any atom is -0.316 e. The third-order valence-electron chi connectivity index (χ3n) is 2.59. The summed E-state index contributed by atoms with van der Waals surface area (Å²) in [6.07, 6.45) is 0. The fourth-order valence-corrected chi connectivity index (χ4v) is 2.19. The third kappa shape index (κ3) is 3.22. The van der Waals surface area contributed by atoms with Crippen molar-refractivity contribution in [1.82, 2.24) is 0 Å². The summed E-state index contributed by atoms with van der Waals surface area (Å²) >= 11 is 3.01. The molecular formula is C13H7BrF2N2O3. The van der Waals surface area contributed by atoms with Crippen molar-refractivity contribution < 1.29 is 18.5 Å². The van der Waals surface area contributed by atoms with E-state index in [9.17, 15) is 23.7 Å². The van der Waals surface area contributed by atoms with Crippen molar-refractivity contribution in [3.63, 3.8) is 0 Å². The van der Waals surface area contributed by atoms with Crippen LogP contribution in [0.4, 0.5) is 20.2 Å². The highest BCUT2D eigenvalue weighted by Crippen LogP contribution is 2.27.